The van der Waals surface area contributed by atoms with E-state index in [0.29, 0.717) is 30.4 Å². The quantitative estimate of drug-likeness (QED) is 0.404. The first-order valence-corrected chi connectivity index (χ1v) is 8.21. The fourth-order valence-electron chi connectivity index (χ4n) is 3.14. The van der Waals surface area contributed by atoms with E-state index < -0.39 is 30.3 Å². The Morgan fingerprint density at radius 3 is 2.73 bits per heavy atom. The predicted octanol–water partition coefficient (Wildman–Crippen LogP) is -1.13. The molecule has 26 heavy (non-hydrogen) atoms. The lowest BCUT2D eigenvalue weighted by molar-refractivity contribution is -0.145. The van der Waals surface area contributed by atoms with Gasteiger partial charge in [0.15, 0.2) is 0 Å². The molecular weight excluding hydrogens is 340 g/mol. The van der Waals surface area contributed by atoms with Gasteiger partial charge in [-0.3, -0.25) is 19.3 Å². The van der Waals surface area contributed by atoms with Crippen LogP contribution >= 0.6 is 0 Å². The minimum Gasteiger partial charge on any atom is -0.336 e. The number of piperazine rings is 1. The summed E-state index contributed by atoms with van der Waals surface area (Å²) in [7, 11) is 1.83. The zero-order chi connectivity index (χ0) is 18.8. The monoisotopic (exact) mass is 360 g/mol. The van der Waals surface area contributed by atoms with E-state index in [9.17, 15) is 19.2 Å². The number of imidazole rings is 1. The van der Waals surface area contributed by atoms with Gasteiger partial charge in [0.05, 0.1) is 0 Å². The van der Waals surface area contributed by atoms with Gasteiger partial charge < -0.3 is 14.8 Å². The van der Waals surface area contributed by atoms with Crippen molar-refractivity contribution in [2.45, 2.75) is 6.04 Å². The number of aryl methyl sites for hydroxylation is 1. The predicted molar refractivity (Wildman–Crippen MR) is 89.6 cm³/mol. The van der Waals surface area contributed by atoms with Crippen LogP contribution in [0.5, 0.6) is 0 Å². The Balaban J connectivity index is 1.77. The van der Waals surface area contributed by atoms with Crippen LogP contribution in [0.3, 0.4) is 0 Å². The molecule has 0 bridgehead atoms. The van der Waals surface area contributed by atoms with Gasteiger partial charge in [-0.05, 0) is 0 Å². The third-order valence-corrected chi connectivity index (χ3v) is 4.46. The Bertz CT molecular complexity index is 773. The summed E-state index contributed by atoms with van der Waals surface area (Å²) in [5.41, 5.74) is 0. The summed E-state index contributed by atoms with van der Waals surface area (Å²) in [5.74, 6) is -1.64. The number of rotatable bonds is 5. The van der Waals surface area contributed by atoms with Gasteiger partial charge in [-0.25, -0.2) is 14.7 Å². The lowest BCUT2D eigenvalue weighted by Gasteiger charge is -2.36. The van der Waals surface area contributed by atoms with Crippen molar-refractivity contribution in [3.63, 3.8) is 0 Å². The fraction of sp³-hybridized carbons (Fsp3) is 0.438. The van der Waals surface area contributed by atoms with Gasteiger partial charge in [-0.1, -0.05) is 6.08 Å². The molecule has 1 aromatic rings. The Labute approximate surface area is 150 Å². The first kappa shape index (κ1) is 17.8. The molecule has 0 radical (unpaired) electrons. The number of carbonyl (C=O) groups is 4. The smallest absolute Gasteiger partial charge is 0.335 e. The summed E-state index contributed by atoms with van der Waals surface area (Å²) >= 11 is 0. The van der Waals surface area contributed by atoms with Crippen LogP contribution in [0.4, 0.5) is 4.79 Å². The van der Waals surface area contributed by atoms with Crippen LogP contribution < -0.4 is 5.32 Å². The highest BCUT2D eigenvalue weighted by molar-refractivity contribution is 6.45. The largest absolute Gasteiger partial charge is 0.336 e. The molecule has 0 spiro atoms. The molecule has 2 fully saturated rings. The third-order valence-electron chi connectivity index (χ3n) is 4.46. The maximum Gasteiger partial charge on any atom is 0.335 e. The summed E-state index contributed by atoms with van der Waals surface area (Å²) < 4.78 is 1.82. The minimum atomic E-state index is -0.992. The molecule has 2 aliphatic heterocycles. The van der Waals surface area contributed by atoms with Crippen LogP contribution in [-0.4, -0.2) is 80.7 Å². The third kappa shape index (κ3) is 2.99. The Morgan fingerprint density at radius 1 is 1.35 bits per heavy atom. The molecule has 2 saturated heterocycles. The lowest BCUT2D eigenvalue weighted by atomic mass is 10.1. The highest BCUT2D eigenvalue weighted by Gasteiger charge is 2.45. The number of nitrogens with one attached hydrogen (secondary N) is 1. The maximum atomic E-state index is 12.8. The molecule has 10 heteroatoms. The molecule has 3 rings (SSSR count). The van der Waals surface area contributed by atoms with E-state index >= 15 is 0 Å². The van der Waals surface area contributed by atoms with Crippen LogP contribution in [0.15, 0.2) is 25.0 Å². The number of hydrogen-bond donors (Lipinski definition) is 1. The SMILES string of the molecule is C=CCN1C(=O)C(=O)N(CC(=O)N2CCNCC2c2nccn2C)C1=O. The molecule has 138 valence electrons. The minimum absolute atomic E-state index is 0.0718. The van der Waals surface area contributed by atoms with Crippen LogP contribution in [0.1, 0.15) is 11.9 Å². The second-order valence-electron chi connectivity index (χ2n) is 6.08. The van der Waals surface area contributed by atoms with Gasteiger partial charge in [0.25, 0.3) is 0 Å². The summed E-state index contributed by atoms with van der Waals surface area (Å²) in [6, 6.07) is -1.11. The van der Waals surface area contributed by atoms with Gasteiger partial charge in [0, 0.05) is 45.6 Å². The van der Waals surface area contributed by atoms with Gasteiger partial charge in [0.2, 0.25) is 5.91 Å². The summed E-state index contributed by atoms with van der Waals surface area (Å²) in [6.07, 6.45) is 4.78. The molecule has 0 aromatic carbocycles. The van der Waals surface area contributed by atoms with Gasteiger partial charge in [0.1, 0.15) is 18.4 Å². The molecular formula is C16H20N6O4. The molecule has 10 nitrogen and oxygen atoms in total. The summed E-state index contributed by atoms with van der Waals surface area (Å²) in [5, 5.41) is 3.21. The molecule has 3 heterocycles. The van der Waals surface area contributed by atoms with E-state index in [1.165, 1.54) is 6.08 Å². The average molecular weight is 360 g/mol. The number of amides is 5. The Kier molecular flexibility index (Phi) is 4.85. The van der Waals surface area contributed by atoms with Crippen LogP contribution in [0.2, 0.25) is 0 Å². The molecule has 1 aromatic heterocycles. The van der Waals surface area contributed by atoms with E-state index in [2.05, 4.69) is 16.9 Å². The first-order valence-electron chi connectivity index (χ1n) is 8.21. The molecule has 2 aliphatic rings. The highest BCUT2D eigenvalue weighted by Crippen LogP contribution is 2.21. The number of imide groups is 2. The molecule has 0 saturated carbocycles. The zero-order valence-electron chi connectivity index (χ0n) is 14.4. The van der Waals surface area contributed by atoms with E-state index in [1.807, 2.05) is 11.6 Å². The molecule has 0 aliphatic carbocycles. The topological polar surface area (TPSA) is 108 Å². The molecule has 1 unspecified atom stereocenters. The Morgan fingerprint density at radius 2 is 2.08 bits per heavy atom. The van der Waals surface area contributed by atoms with Crippen molar-refractivity contribution in [2.24, 2.45) is 7.05 Å². The zero-order valence-corrected chi connectivity index (χ0v) is 14.4. The van der Waals surface area contributed by atoms with E-state index in [0.717, 1.165) is 4.90 Å². The van der Waals surface area contributed by atoms with Crippen molar-refractivity contribution in [1.82, 2.24) is 29.6 Å². The number of aromatic nitrogens is 2. The number of hydrogen-bond acceptors (Lipinski definition) is 6. The second kappa shape index (κ2) is 7.08. The molecule has 5 amide bonds. The summed E-state index contributed by atoms with van der Waals surface area (Å²) in [6.45, 7) is 4.43. The van der Waals surface area contributed by atoms with Crippen molar-refractivity contribution in [3.05, 3.63) is 30.9 Å². The van der Waals surface area contributed by atoms with Crippen LogP contribution in [0.25, 0.3) is 0 Å². The van der Waals surface area contributed by atoms with E-state index in [1.54, 1.807) is 17.3 Å². The van der Waals surface area contributed by atoms with Crippen LogP contribution in [0, 0.1) is 0 Å². The Hall–Kier alpha value is -3.01. The number of nitrogens with zero attached hydrogens (tertiary/aromatic N) is 5. The number of urea groups is 1. The second-order valence-corrected chi connectivity index (χ2v) is 6.08. The van der Waals surface area contributed by atoms with Crippen molar-refractivity contribution >= 4 is 23.8 Å². The normalized spacial score (nSPS) is 20.9. The summed E-state index contributed by atoms with van der Waals surface area (Å²) in [4.78, 5) is 56.3. The average Bonchev–Trinajstić information content (AvgIpc) is 3.15. The van der Waals surface area contributed by atoms with Gasteiger partial charge in [-0.2, -0.15) is 0 Å². The maximum absolute atomic E-state index is 12.8. The van der Waals surface area contributed by atoms with Crippen molar-refractivity contribution < 1.29 is 19.2 Å². The van der Waals surface area contributed by atoms with Crippen molar-refractivity contribution in [2.75, 3.05) is 32.7 Å². The van der Waals surface area contributed by atoms with Crippen molar-refractivity contribution in [3.8, 4) is 0 Å². The lowest BCUT2D eigenvalue weighted by Crippen LogP contribution is -2.52. The van der Waals surface area contributed by atoms with Gasteiger partial charge in [-0.15, -0.1) is 6.58 Å². The van der Waals surface area contributed by atoms with Crippen LogP contribution in [-0.2, 0) is 21.4 Å². The highest BCUT2D eigenvalue weighted by atomic mass is 16.2. The van der Waals surface area contributed by atoms with E-state index in [-0.39, 0.29) is 12.6 Å². The van der Waals surface area contributed by atoms with Crippen molar-refractivity contribution in [1.29, 1.82) is 0 Å². The number of carbonyl (C=O) groups excluding carboxylic acids is 4. The van der Waals surface area contributed by atoms with Gasteiger partial charge >= 0.3 is 17.8 Å². The first-order chi connectivity index (χ1) is 12.5. The molecule has 1 atom stereocenters. The molecule has 1 N–H and O–H groups in total. The standard InChI is InChI=1S/C16H20N6O4/c1-3-6-21-14(24)15(25)22(16(21)26)10-12(23)20-8-4-17-9-11(20)13-18-5-7-19(13)2/h3,5,7,11,17H,1,4,6,8-10H2,2H3. The fourth-order valence-corrected chi connectivity index (χ4v) is 3.14. The van der Waals surface area contributed by atoms with E-state index in [4.69, 9.17) is 0 Å².